The van der Waals surface area contributed by atoms with Crippen molar-refractivity contribution in [1.82, 2.24) is 9.88 Å². The van der Waals surface area contributed by atoms with Gasteiger partial charge in [0.25, 0.3) is 0 Å². The molecular formula is C20H21N3O3. The Bertz CT molecular complexity index is 844. The van der Waals surface area contributed by atoms with Gasteiger partial charge in [-0.1, -0.05) is 6.07 Å². The number of carbonyl (C=O) groups is 1. The van der Waals surface area contributed by atoms with E-state index >= 15 is 0 Å². The quantitative estimate of drug-likeness (QED) is 0.861. The lowest BCUT2D eigenvalue weighted by atomic mass is 9.96. The summed E-state index contributed by atoms with van der Waals surface area (Å²) in [6.45, 7) is 6.35. The molecule has 0 saturated carbocycles. The van der Waals surface area contributed by atoms with E-state index in [1.54, 1.807) is 12.1 Å². The molecule has 0 bridgehead atoms. The molecule has 1 N–H and O–H groups in total. The zero-order valence-electron chi connectivity index (χ0n) is 14.9. The lowest BCUT2D eigenvalue weighted by molar-refractivity contribution is -0.147. The summed E-state index contributed by atoms with van der Waals surface area (Å²) in [7, 11) is 0. The molecule has 0 aliphatic carbocycles. The van der Waals surface area contributed by atoms with Gasteiger partial charge in [-0.2, -0.15) is 5.26 Å². The first-order valence-electron chi connectivity index (χ1n) is 8.50. The van der Waals surface area contributed by atoms with Crippen LogP contribution in [0, 0.1) is 31.1 Å². The number of likely N-dealkylation sites (tertiary alicyclic amines) is 1. The van der Waals surface area contributed by atoms with Crippen molar-refractivity contribution in [2.45, 2.75) is 27.0 Å². The summed E-state index contributed by atoms with van der Waals surface area (Å²) in [5.74, 6) is -0.192. The molecule has 2 aromatic rings. The summed E-state index contributed by atoms with van der Waals surface area (Å²) in [5.41, 5.74) is 4.55. The molecule has 26 heavy (non-hydrogen) atoms. The van der Waals surface area contributed by atoms with Crippen LogP contribution in [0.25, 0.3) is 0 Å². The summed E-state index contributed by atoms with van der Waals surface area (Å²) in [6, 6.07) is 11.3. The second-order valence-electron chi connectivity index (χ2n) is 6.68. The first-order valence-corrected chi connectivity index (χ1v) is 8.50. The molecule has 2 heterocycles. The van der Waals surface area contributed by atoms with Crippen molar-refractivity contribution in [2.75, 3.05) is 13.1 Å². The molecule has 1 aliphatic rings. The van der Waals surface area contributed by atoms with Crippen LogP contribution < -0.4 is 4.74 Å². The molecule has 1 aromatic heterocycles. The Balaban J connectivity index is 1.63. The summed E-state index contributed by atoms with van der Waals surface area (Å²) in [6.07, 6.45) is 0. The topological polar surface area (TPSA) is 86.5 Å². The fraction of sp³-hybridized carbons (Fsp3) is 0.350. The van der Waals surface area contributed by atoms with Gasteiger partial charge in [-0.25, -0.2) is 4.98 Å². The third-order valence-electron chi connectivity index (χ3n) is 4.67. The number of nitrogens with zero attached hydrogens (tertiary/aromatic N) is 3. The van der Waals surface area contributed by atoms with E-state index in [0.717, 1.165) is 23.4 Å². The van der Waals surface area contributed by atoms with Gasteiger partial charge in [0, 0.05) is 19.6 Å². The Hall–Kier alpha value is -2.91. The van der Waals surface area contributed by atoms with E-state index < -0.39 is 5.97 Å². The maximum absolute atomic E-state index is 10.9. The van der Waals surface area contributed by atoms with Crippen LogP contribution in [0.15, 0.2) is 30.3 Å². The van der Waals surface area contributed by atoms with E-state index in [0.29, 0.717) is 31.1 Å². The van der Waals surface area contributed by atoms with E-state index in [1.807, 2.05) is 38.1 Å². The van der Waals surface area contributed by atoms with Crippen LogP contribution in [-0.2, 0) is 17.9 Å². The number of ether oxygens (including phenoxy) is 1. The van der Waals surface area contributed by atoms with Gasteiger partial charge in [0.05, 0.1) is 11.6 Å². The van der Waals surface area contributed by atoms with Crippen LogP contribution in [0.5, 0.6) is 5.75 Å². The molecule has 6 heteroatoms. The van der Waals surface area contributed by atoms with Crippen molar-refractivity contribution in [3.8, 4) is 11.8 Å². The molecule has 6 nitrogen and oxygen atoms in total. The highest BCUT2D eigenvalue weighted by atomic mass is 16.5. The van der Waals surface area contributed by atoms with E-state index in [-0.39, 0.29) is 5.92 Å². The number of carboxylic acids is 1. The predicted molar refractivity (Wildman–Crippen MR) is 95.6 cm³/mol. The number of aryl methyl sites for hydroxylation is 2. The third kappa shape index (κ3) is 4.01. The number of pyridine rings is 1. The molecule has 1 fully saturated rings. The Labute approximate surface area is 152 Å². The highest BCUT2D eigenvalue weighted by Gasteiger charge is 2.32. The molecule has 0 radical (unpaired) electrons. The fourth-order valence-electron chi connectivity index (χ4n) is 3.14. The molecule has 1 aliphatic heterocycles. The monoisotopic (exact) mass is 351 g/mol. The smallest absolute Gasteiger partial charge is 0.309 e. The largest absolute Gasteiger partial charge is 0.487 e. The van der Waals surface area contributed by atoms with Crippen LogP contribution in [0.2, 0.25) is 0 Å². The second kappa shape index (κ2) is 7.54. The van der Waals surface area contributed by atoms with Gasteiger partial charge in [0.15, 0.2) is 0 Å². The minimum Gasteiger partial charge on any atom is -0.487 e. The number of hydrogen-bond donors (Lipinski definition) is 1. The zero-order valence-corrected chi connectivity index (χ0v) is 14.9. The number of aliphatic carboxylic acids is 1. The molecule has 1 saturated heterocycles. The average Bonchev–Trinajstić information content (AvgIpc) is 2.57. The highest BCUT2D eigenvalue weighted by molar-refractivity contribution is 5.71. The van der Waals surface area contributed by atoms with Crippen LogP contribution in [0.1, 0.15) is 28.1 Å². The van der Waals surface area contributed by atoms with Gasteiger partial charge < -0.3 is 9.84 Å². The summed E-state index contributed by atoms with van der Waals surface area (Å²) >= 11 is 0. The molecule has 0 spiro atoms. The third-order valence-corrected chi connectivity index (χ3v) is 4.67. The normalized spacial score (nSPS) is 14.5. The minimum absolute atomic E-state index is 0.241. The van der Waals surface area contributed by atoms with Crippen LogP contribution in [0.3, 0.4) is 0 Å². The van der Waals surface area contributed by atoms with E-state index in [2.05, 4.69) is 9.88 Å². The lowest BCUT2D eigenvalue weighted by Crippen LogP contribution is -2.49. The van der Waals surface area contributed by atoms with E-state index in [9.17, 15) is 4.79 Å². The number of benzene rings is 1. The Morgan fingerprint density at radius 1 is 1.35 bits per heavy atom. The lowest BCUT2D eigenvalue weighted by Gasteiger charge is -2.37. The van der Waals surface area contributed by atoms with Gasteiger partial charge in [-0.05, 0) is 54.8 Å². The minimum atomic E-state index is -0.715. The fourth-order valence-corrected chi connectivity index (χ4v) is 3.14. The van der Waals surface area contributed by atoms with Gasteiger partial charge in [-0.3, -0.25) is 9.69 Å². The standard InChI is InChI=1S/C20H21N3O3/c1-13-6-18(26-12-17-5-3-4-16(8-21)22-17)7-14(2)19(13)11-23-9-15(10-23)20(24)25/h3-7,15H,9-12H2,1-2H3,(H,24,25). The summed E-state index contributed by atoms with van der Waals surface area (Å²) in [5, 5.41) is 17.9. The van der Waals surface area contributed by atoms with Crippen LogP contribution in [0.4, 0.5) is 0 Å². The van der Waals surface area contributed by atoms with Gasteiger partial charge in [0.1, 0.15) is 24.1 Å². The first-order chi connectivity index (χ1) is 12.5. The van der Waals surface area contributed by atoms with Crippen molar-refractivity contribution in [3.63, 3.8) is 0 Å². The van der Waals surface area contributed by atoms with Crippen molar-refractivity contribution >= 4 is 5.97 Å². The van der Waals surface area contributed by atoms with Gasteiger partial charge in [-0.15, -0.1) is 0 Å². The molecule has 0 unspecified atom stereocenters. The summed E-state index contributed by atoms with van der Waals surface area (Å²) < 4.78 is 5.84. The van der Waals surface area contributed by atoms with Crippen molar-refractivity contribution in [2.24, 2.45) is 5.92 Å². The van der Waals surface area contributed by atoms with Crippen molar-refractivity contribution in [3.05, 3.63) is 58.4 Å². The second-order valence-corrected chi connectivity index (χ2v) is 6.68. The predicted octanol–water partition coefficient (Wildman–Crippen LogP) is 2.67. The molecule has 0 atom stereocenters. The maximum atomic E-state index is 10.9. The number of rotatable bonds is 6. The summed E-state index contributed by atoms with van der Waals surface area (Å²) in [4.78, 5) is 17.3. The Morgan fingerprint density at radius 3 is 2.65 bits per heavy atom. The van der Waals surface area contributed by atoms with Crippen LogP contribution >= 0.6 is 0 Å². The number of aromatic nitrogens is 1. The average molecular weight is 351 g/mol. The number of hydrogen-bond acceptors (Lipinski definition) is 5. The van der Waals surface area contributed by atoms with E-state index in [1.165, 1.54) is 5.56 Å². The number of nitriles is 1. The number of carboxylic acid groups (broad SMARTS) is 1. The highest BCUT2D eigenvalue weighted by Crippen LogP contribution is 2.26. The molecule has 1 aromatic carbocycles. The first kappa shape index (κ1) is 17.9. The van der Waals surface area contributed by atoms with Crippen LogP contribution in [-0.4, -0.2) is 34.0 Å². The zero-order chi connectivity index (χ0) is 18.7. The van der Waals surface area contributed by atoms with Gasteiger partial charge in [0.2, 0.25) is 0 Å². The van der Waals surface area contributed by atoms with Crippen molar-refractivity contribution in [1.29, 1.82) is 5.26 Å². The Kier molecular flexibility index (Phi) is 5.19. The SMILES string of the molecule is Cc1cc(OCc2cccc(C#N)n2)cc(C)c1CN1CC(C(=O)O)C1. The Morgan fingerprint density at radius 2 is 2.04 bits per heavy atom. The van der Waals surface area contributed by atoms with E-state index in [4.69, 9.17) is 15.1 Å². The molecule has 0 amide bonds. The van der Waals surface area contributed by atoms with Gasteiger partial charge >= 0.3 is 5.97 Å². The maximum Gasteiger partial charge on any atom is 0.309 e. The van der Waals surface area contributed by atoms with Crippen molar-refractivity contribution < 1.29 is 14.6 Å². The molecule has 3 rings (SSSR count). The molecular weight excluding hydrogens is 330 g/mol. The molecule has 134 valence electrons.